The molecular formula is C24H21N5O2. The molecule has 1 heterocycles. The Balaban J connectivity index is 1.46. The fraction of sp³-hybridized carbons (Fsp3) is 0.0417. The van der Waals surface area contributed by atoms with Crippen molar-refractivity contribution in [1.82, 2.24) is 9.97 Å². The summed E-state index contributed by atoms with van der Waals surface area (Å²) in [6.07, 6.45) is 1.51. The summed E-state index contributed by atoms with van der Waals surface area (Å²) in [5, 5.41) is 6.12. The third-order valence-electron chi connectivity index (χ3n) is 4.64. The first-order chi connectivity index (χ1) is 15.1. The van der Waals surface area contributed by atoms with E-state index in [2.05, 4.69) is 20.6 Å². The summed E-state index contributed by atoms with van der Waals surface area (Å²) in [5.74, 6) is 1.20. The molecule has 154 valence electrons. The molecule has 0 atom stereocenters. The molecule has 31 heavy (non-hydrogen) atoms. The Bertz CT molecular complexity index is 1190. The lowest BCUT2D eigenvalue weighted by atomic mass is 10.1. The lowest BCUT2D eigenvalue weighted by Crippen LogP contribution is -2.11. The summed E-state index contributed by atoms with van der Waals surface area (Å²) in [7, 11) is 1.63. The minimum absolute atomic E-state index is 0.196. The van der Waals surface area contributed by atoms with E-state index in [9.17, 15) is 4.79 Å². The molecule has 0 fully saturated rings. The van der Waals surface area contributed by atoms with E-state index >= 15 is 0 Å². The van der Waals surface area contributed by atoms with E-state index in [1.807, 2.05) is 54.6 Å². The lowest BCUT2D eigenvalue weighted by Gasteiger charge is -2.10. The number of carbonyl (C=O) groups is 1. The largest absolute Gasteiger partial charge is 0.496 e. The number of hydrogen-bond donors (Lipinski definition) is 3. The molecular weight excluding hydrogens is 390 g/mol. The Hall–Kier alpha value is -4.39. The Labute approximate surface area is 179 Å². The molecule has 0 aliphatic rings. The van der Waals surface area contributed by atoms with Gasteiger partial charge in [-0.3, -0.25) is 4.79 Å². The van der Waals surface area contributed by atoms with Crippen LogP contribution in [0.5, 0.6) is 5.75 Å². The SMILES string of the molecule is COc1ccccc1-c1cc(Nc2ccc(NC(=O)c3ccc(N)cc3)cc2)ncn1. The number of nitrogen functional groups attached to an aromatic ring is 1. The number of benzene rings is 3. The Morgan fingerprint density at radius 3 is 2.35 bits per heavy atom. The van der Waals surface area contributed by atoms with E-state index in [-0.39, 0.29) is 5.91 Å². The van der Waals surface area contributed by atoms with Crippen molar-refractivity contribution < 1.29 is 9.53 Å². The highest BCUT2D eigenvalue weighted by molar-refractivity contribution is 6.04. The molecule has 0 spiro atoms. The second-order valence-corrected chi connectivity index (χ2v) is 6.77. The summed E-state index contributed by atoms with van der Waals surface area (Å²) < 4.78 is 5.42. The van der Waals surface area contributed by atoms with Crippen molar-refractivity contribution in [3.63, 3.8) is 0 Å². The molecule has 0 saturated carbocycles. The molecule has 0 aliphatic heterocycles. The number of rotatable bonds is 6. The summed E-state index contributed by atoms with van der Waals surface area (Å²) >= 11 is 0. The Morgan fingerprint density at radius 2 is 1.61 bits per heavy atom. The number of carbonyl (C=O) groups excluding carboxylic acids is 1. The van der Waals surface area contributed by atoms with Crippen LogP contribution in [0.15, 0.2) is 85.2 Å². The summed E-state index contributed by atoms with van der Waals surface area (Å²) in [6, 6.07) is 23.7. The van der Waals surface area contributed by atoms with Gasteiger partial charge < -0.3 is 21.1 Å². The standard InChI is InChI=1S/C24H21N5O2/c1-31-22-5-3-2-4-20(22)21-14-23(27-15-26-21)28-18-10-12-19(13-11-18)29-24(30)16-6-8-17(25)9-7-16/h2-15H,25H2,1H3,(H,29,30)(H,26,27,28). The van der Waals surface area contributed by atoms with E-state index in [4.69, 9.17) is 10.5 Å². The summed E-state index contributed by atoms with van der Waals surface area (Å²) in [5.41, 5.74) is 9.97. The van der Waals surface area contributed by atoms with Crippen LogP contribution in [0.25, 0.3) is 11.3 Å². The lowest BCUT2D eigenvalue weighted by molar-refractivity contribution is 0.102. The van der Waals surface area contributed by atoms with Gasteiger partial charge in [0.25, 0.3) is 5.91 Å². The quantitative estimate of drug-likeness (QED) is 0.397. The zero-order chi connectivity index (χ0) is 21.6. The van der Waals surface area contributed by atoms with Gasteiger partial charge in [0.1, 0.15) is 17.9 Å². The molecule has 4 aromatic rings. The van der Waals surface area contributed by atoms with E-state index in [0.717, 1.165) is 22.7 Å². The first-order valence-corrected chi connectivity index (χ1v) is 9.62. The van der Waals surface area contributed by atoms with Crippen LogP contribution < -0.4 is 21.1 Å². The van der Waals surface area contributed by atoms with Gasteiger partial charge in [0.05, 0.1) is 12.8 Å². The van der Waals surface area contributed by atoms with Gasteiger partial charge >= 0.3 is 0 Å². The fourth-order valence-electron chi connectivity index (χ4n) is 3.05. The Kier molecular flexibility index (Phi) is 5.75. The first-order valence-electron chi connectivity index (χ1n) is 9.62. The second-order valence-electron chi connectivity index (χ2n) is 6.77. The highest BCUT2D eigenvalue weighted by Gasteiger charge is 2.09. The monoisotopic (exact) mass is 411 g/mol. The van der Waals surface area contributed by atoms with Gasteiger partial charge in [-0.15, -0.1) is 0 Å². The topological polar surface area (TPSA) is 102 Å². The van der Waals surface area contributed by atoms with Gasteiger partial charge in [0, 0.05) is 34.3 Å². The summed E-state index contributed by atoms with van der Waals surface area (Å²) in [6.45, 7) is 0. The number of aromatic nitrogens is 2. The molecule has 1 amide bonds. The summed E-state index contributed by atoms with van der Waals surface area (Å²) in [4.78, 5) is 21.0. The minimum atomic E-state index is -0.196. The van der Waals surface area contributed by atoms with Crippen LogP contribution in [-0.4, -0.2) is 23.0 Å². The van der Waals surface area contributed by atoms with Crippen LogP contribution in [0.4, 0.5) is 22.9 Å². The van der Waals surface area contributed by atoms with Crippen molar-refractivity contribution >= 4 is 28.8 Å². The van der Waals surface area contributed by atoms with Crippen LogP contribution in [0.1, 0.15) is 10.4 Å². The van der Waals surface area contributed by atoms with Gasteiger partial charge in [-0.1, -0.05) is 12.1 Å². The molecule has 1 aromatic heterocycles. The minimum Gasteiger partial charge on any atom is -0.496 e. The molecule has 0 unspecified atom stereocenters. The van der Waals surface area contributed by atoms with Gasteiger partial charge in [0.2, 0.25) is 0 Å². The molecule has 0 bridgehead atoms. The van der Waals surface area contributed by atoms with Gasteiger partial charge in [0.15, 0.2) is 0 Å². The van der Waals surface area contributed by atoms with E-state index < -0.39 is 0 Å². The molecule has 4 N–H and O–H groups in total. The van der Waals surface area contributed by atoms with Crippen molar-refractivity contribution in [3.05, 3.63) is 90.8 Å². The molecule has 7 nitrogen and oxygen atoms in total. The third kappa shape index (κ3) is 4.79. The highest BCUT2D eigenvalue weighted by Crippen LogP contribution is 2.29. The van der Waals surface area contributed by atoms with E-state index in [0.29, 0.717) is 22.8 Å². The molecule has 4 rings (SSSR count). The normalized spacial score (nSPS) is 10.4. The average Bonchev–Trinajstić information content (AvgIpc) is 2.81. The smallest absolute Gasteiger partial charge is 0.255 e. The van der Waals surface area contributed by atoms with Gasteiger partial charge in [-0.25, -0.2) is 9.97 Å². The number of para-hydroxylation sites is 1. The van der Waals surface area contributed by atoms with E-state index in [1.165, 1.54) is 6.33 Å². The third-order valence-corrected chi connectivity index (χ3v) is 4.64. The van der Waals surface area contributed by atoms with Crippen molar-refractivity contribution in [3.8, 4) is 17.0 Å². The maximum atomic E-state index is 12.3. The number of nitrogens with two attached hydrogens (primary N) is 1. The van der Waals surface area contributed by atoms with E-state index in [1.54, 1.807) is 31.4 Å². The maximum Gasteiger partial charge on any atom is 0.255 e. The van der Waals surface area contributed by atoms with Crippen LogP contribution in [0.3, 0.4) is 0 Å². The highest BCUT2D eigenvalue weighted by atomic mass is 16.5. The first kappa shape index (κ1) is 19.9. The zero-order valence-electron chi connectivity index (χ0n) is 16.9. The number of nitrogens with zero attached hydrogens (tertiary/aromatic N) is 2. The zero-order valence-corrected chi connectivity index (χ0v) is 16.9. The van der Waals surface area contributed by atoms with Crippen molar-refractivity contribution in [2.45, 2.75) is 0 Å². The van der Waals surface area contributed by atoms with Gasteiger partial charge in [-0.05, 0) is 60.7 Å². The number of ether oxygens (including phenoxy) is 1. The number of nitrogens with one attached hydrogen (secondary N) is 2. The van der Waals surface area contributed by atoms with Crippen LogP contribution in [0, 0.1) is 0 Å². The predicted octanol–water partition coefficient (Wildman–Crippen LogP) is 4.73. The van der Waals surface area contributed by atoms with Crippen molar-refractivity contribution in [2.24, 2.45) is 0 Å². The average molecular weight is 411 g/mol. The molecule has 7 heteroatoms. The Morgan fingerprint density at radius 1 is 0.903 bits per heavy atom. The van der Waals surface area contributed by atoms with Crippen LogP contribution in [-0.2, 0) is 0 Å². The predicted molar refractivity (Wildman–Crippen MR) is 123 cm³/mol. The molecule has 0 radical (unpaired) electrons. The van der Waals surface area contributed by atoms with Crippen LogP contribution in [0.2, 0.25) is 0 Å². The van der Waals surface area contributed by atoms with Crippen molar-refractivity contribution in [2.75, 3.05) is 23.5 Å². The number of methoxy groups -OCH3 is 1. The molecule has 0 aliphatic carbocycles. The number of anilines is 4. The number of hydrogen-bond acceptors (Lipinski definition) is 6. The fourth-order valence-corrected chi connectivity index (χ4v) is 3.05. The molecule has 0 saturated heterocycles. The van der Waals surface area contributed by atoms with Crippen LogP contribution >= 0.6 is 0 Å². The van der Waals surface area contributed by atoms with Crippen molar-refractivity contribution in [1.29, 1.82) is 0 Å². The number of amides is 1. The van der Waals surface area contributed by atoms with Gasteiger partial charge in [-0.2, -0.15) is 0 Å². The maximum absolute atomic E-state index is 12.3. The molecule has 3 aromatic carbocycles. The second kappa shape index (κ2) is 8.96.